The predicted molar refractivity (Wildman–Crippen MR) is 63.2 cm³/mol. The Kier molecular flexibility index (Phi) is 2.79. The van der Waals surface area contributed by atoms with Crippen LogP contribution < -0.4 is 0 Å². The van der Waals surface area contributed by atoms with Gasteiger partial charge in [0.05, 0.1) is 6.20 Å². The zero-order valence-corrected chi connectivity index (χ0v) is 9.81. The van der Waals surface area contributed by atoms with Gasteiger partial charge in [-0.15, -0.1) is 0 Å². The van der Waals surface area contributed by atoms with Crippen LogP contribution in [-0.2, 0) is 7.05 Å². The molecule has 3 heteroatoms. The maximum Gasteiger partial charge on any atom is 0.108 e. The maximum absolute atomic E-state index is 10.3. The van der Waals surface area contributed by atoms with Crippen LogP contribution in [0.3, 0.4) is 0 Å². The number of aromatic nitrogens is 2. The molecule has 1 unspecified atom stereocenters. The van der Waals surface area contributed by atoms with Gasteiger partial charge in [-0.2, -0.15) is 5.10 Å². The third-order valence-corrected chi connectivity index (χ3v) is 3.05. The van der Waals surface area contributed by atoms with Crippen molar-refractivity contribution in [3.63, 3.8) is 0 Å². The van der Waals surface area contributed by atoms with Gasteiger partial charge in [-0.3, -0.25) is 4.68 Å². The van der Waals surface area contributed by atoms with Gasteiger partial charge in [0, 0.05) is 18.3 Å². The van der Waals surface area contributed by atoms with Gasteiger partial charge in [-0.25, -0.2) is 0 Å². The van der Waals surface area contributed by atoms with Gasteiger partial charge in [-0.05, 0) is 25.0 Å². The summed E-state index contributed by atoms with van der Waals surface area (Å²) in [5.74, 6) is 0. The van der Waals surface area contributed by atoms with E-state index in [1.165, 1.54) is 0 Å². The monoisotopic (exact) mass is 216 g/mol. The fourth-order valence-corrected chi connectivity index (χ4v) is 1.85. The van der Waals surface area contributed by atoms with Crippen LogP contribution in [0.25, 0.3) is 0 Å². The Balaban J connectivity index is 2.43. The Morgan fingerprint density at radius 2 is 1.88 bits per heavy atom. The summed E-state index contributed by atoms with van der Waals surface area (Å²) in [5.41, 5.74) is 3.91. The predicted octanol–water partition coefficient (Wildman–Crippen LogP) is 2.12. The third kappa shape index (κ3) is 1.74. The highest BCUT2D eigenvalue weighted by molar-refractivity contribution is 5.35. The smallest absolute Gasteiger partial charge is 0.108 e. The first-order valence-corrected chi connectivity index (χ1v) is 5.33. The Labute approximate surface area is 95.3 Å². The van der Waals surface area contributed by atoms with Gasteiger partial charge in [0.2, 0.25) is 0 Å². The molecular formula is C13H16N2O. The van der Waals surface area contributed by atoms with Crippen LogP contribution in [0, 0.1) is 13.8 Å². The van der Waals surface area contributed by atoms with Crippen molar-refractivity contribution >= 4 is 0 Å². The van der Waals surface area contributed by atoms with E-state index >= 15 is 0 Å². The Morgan fingerprint density at radius 3 is 2.44 bits per heavy atom. The lowest BCUT2D eigenvalue weighted by atomic mass is 9.98. The molecule has 0 spiro atoms. The summed E-state index contributed by atoms with van der Waals surface area (Å²) in [6.07, 6.45) is 1.14. The highest BCUT2D eigenvalue weighted by atomic mass is 16.3. The lowest BCUT2D eigenvalue weighted by Gasteiger charge is -2.13. The van der Waals surface area contributed by atoms with Crippen LogP contribution >= 0.6 is 0 Å². The molecule has 0 radical (unpaired) electrons. The molecular weight excluding hydrogens is 200 g/mol. The van der Waals surface area contributed by atoms with Crippen LogP contribution in [0.2, 0.25) is 0 Å². The molecule has 1 atom stereocenters. The lowest BCUT2D eigenvalue weighted by Crippen LogP contribution is -2.03. The quantitative estimate of drug-likeness (QED) is 0.835. The number of nitrogens with zero attached hydrogens (tertiary/aromatic N) is 2. The van der Waals surface area contributed by atoms with E-state index in [0.29, 0.717) is 0 Å². The maximum atomic E-state index is 10.3. The van der Waals surface area contributed by atoms with Crippen molar-refractivity contribution in [2.45, 2.75) is 20.0 Å². The molecule has 0 fully saturated rings. The Bertz CT molecular complexity index is 502. The summed E-state index contributed by atoms with van der Waals surface area (Å²) in [4.78, 5) is 0. The third-order valence-electron chi connectivity index (χ3n) is 3.05. The molecule has 1 aromatic heterocycles. The van der Waals surface area contributed by atoms with Gasteiger partial charge in [0.15, 0.2) is 0 Å². The van der Waals surface area contributed by atoms with E-state index in [4.69, 9.17) is 0 Å². The van der Waals surface area contributed by atoms with Crippen molar-refractivity contribution in [1.82, 2.24) is 9.78 Å². The van der Waals surface area contributed by atoms with Gasteiger partial charge in [-0.1, -0.05) is 24.3 Å². The van der Waals surface area contributed by atoms with E-state index in [-0.39, 0.29) is 0 Å². The van der Waals surface area contributed by atoms with Crippen LogP contribution in [0.1, 0.15) is 28.5 Å². The zero-order valence-electron chi connectivity index (χ0n) is 9.81. The minimum Gasteiger partial charge on any atom is -0.384 e. The number of aliphatic hydroxyl groups is 1. The first-order chi connectivity index (χ1) is 7.61. The topological polar surface area (TPSA) is 38.1 Å². The number of hydrogen-bond donors (Lipinski definition) is 1. The number of benzene rings is 1. The van der Waals surface area contributed by atoms with E-state index in [1.54, 1.807) is 10.9 Å². The summed E-state index contributed by atoms with van der Waals surface area (Å²) in [7, 11) is 1.88. The van der Waals surface area contributed by atoms with Crippen molar-refractivity contribution in [2.24, 2.45) is 7.05 Å². The SMILES string of the molecule is Cc1ccccc1C(O)c1cnn(C)c1C. The second kappa shape index (κ2) is 4.10. The molecule has 0 aliphatic heterocycles. The first-order valence-electron chi connectivity index (χ1n) is 5.33. The second-order valence-corrected chi connectivity index (χ2v) is 4.07. The molecule has 0 aliphatic carbocycles. The van der Waals surface area contributed by atoms with Crippen LogP contribution in [0.15, 0.2) is 30.5 Å². The van der Waals surface area contributed by atoms with E-state index in [9.17, 15) is 5.11 Å². The molecule has 3 nitrogen and oxygen atoms in total. The second-order valence-electron chi connectivity index (χ2n) is 4.07. The summed E-state index contributed by atoms with van der Waals surface area (Å²) in [6, 6.07) is 7.87. The van der Waals surface area contributed by atoms with Gasteiger partial charge >= 0.3 is 0 Å². The average molecular weight is 216 g/mol. The molecule has 2 aromatic rings. The molecule has 1 N–H and O–H groups in total. The number of aryl methyl sites for hydroxylation is 2. The summed E-state index contributed by atoms with van der Waals surface area (Å²) < 4.78 is 1.77. The number of rotatable bonds is 2. The molecule has 0 bridgehead atoms. The normalized spacial score (nSPS) is 12.8. The van der Waals surface area contributed by atoms with Crippen molar-refractivity contribution in [2.75, 3.05) is 0 Å². The average Bonchev–Trinajstić information content (AvgIpc) is 2.60. The molecule has 0 saturated carbocycles. The summed E-state index contributed by atoms with van der Waals surface area (Å²) >= 11 is 0. The highest BCUT2D eigenvalue weighted by Gasteiger charge is 2.16. The van der Waals surface area contributed by atoms with E-state index in [0.717, 1.165) is 22.4 Å². The first kappa shape index (κ1) is 10.9. The van der Waals surface area contributed by atoms with Crippen LogP contribution in [0.5, 0.6) is 0 Å². The van der Waals surface area contributed by atoms with Crippen molar-refractivity contribution in [1.29, 1.82) is 0 Å². The molecule has 1 heterocycles. The molecule has 16 heavy (non-hydrogen) atoms. The Hall–Kier alpha value is -1.61. The van der Waals surface area contributed by atoms with Gasteiger partial charge in [0.25, 0.3) is 0 Å². The zero-order chi connectivity index (χ0) is 11.7. The van der Waals surface area contributed by atoms with E-state index in [1.807, 2.05) is 45.2 Å². The molecule has 84 valence electrons. The van der Waals surface area contributed by atoms with Gasteiger partial charge < -0.3 is 5.11 Å². The Morgan fingerprint density at radius 1 is 1.19 bits per heavy atom. The molecule has 1 aromatic carbocycles. The summed E-state index contributed by atoms with van der Waals surface area (Å²) in [5, 5.41) is 14.5. The minimum atomic E-state index is -0.588. The van der Waals surface area contributed by atoms with E-state index < -0.39 is 6.10 Å². The lowest BCUT2D eigenvalue weighted by molar-refractivity contribution is 0.218. The van der Waals surface area contributed by atoms with Crippen molar-refractivity contribution < 1.29 is 5.11 Å². The van der Waals surface area contributed by atoms with Crippen molar-refractivity contribution in [3.8, 4) is 0 Å². The number of hydrogen-bond acceptors (Lipinski definition) is 2. The van der Waals surface area contributed by atoms with Crippen LogP contribution in [-0.4, -0.2) is 14.9 Å². The summed E-state index contributed by atoms with van der Waals surface area (Å²) in [6.45, 7) is 3.97. The highest BCUT2D eigenvalue weighted by Crippen LogP contribution is 2.26. The standard InChI is InChI=1S/C13H16N2O/c1-9-6-4-5-7-11(9)13(16)12-8-14-15(3)10(12)2/h4-8,13,16H,1-3H3. The molecule has 0 saturated heterocycles. The largest absolute Gasteiger partial charge is 0.384 e. The fraction of sp³-hybridized carbons (Fsp3) is 0.308. The van der Waals surface area contributed by atoms with E-state index in [2.05, 4.69) is 5.10 Å². The van der Waals surface area contributed by atoms with Gasteiger partial charge in [0.1, 0.15) is 6.10 Å². The molecule has 2 rings (SSSR count). The minimum absolute atomic E-state index is 0.588. The number of aliphatic hydroxyl groups excluding tert-OH is 1. The van der Waals surface area contributed by atoms with Crippen molar-refractivity contribution in [3.05, 3.63) is 52.8 Å². The van der Waals surface area contributed by atoms with Crippen LogP contribution in [0.4, 0.5) is 0 Å². The molecule has 0 aliphatic rings. The fourth-order valence-electron chi connectivity index (χ4n) is 1.85. The molecule has 0 amide bonds.